The minimum Gasteiger partial charge on any atom is -0.492 e. The molecule has 5 nitrogen and oxygen atoms in total. The van der Waals surface area contributed by atoms with E-state index in [9.17, 15) is 9.59 Å². The first-order valence-electron chi connectivity index (χ1n) is 7.39. The number of para-hydroxylation sites is 1. The highest BCUT2D eigenvalue weighted by molar-refractivity contribution is 5.97. The Bertz CT molecular complexity index is 553. The van der Waals surface area contributed by atoms with Crippen LogP contribution in [0, 0.1) is 11.8 Å². The van der Waals surface area contributed by atoms with Gasteiger partial charge in [-0.2, -0.15) is 0 Å². The zero-order valence-corrected chi connectivity index (χ0v) is 11.8. The highest BCUT2D eigenvalue weighted by Crippen LogP contribution is 2.31. The Hall–Kier alpha value is -2.04. The van der Waals surface area contributed by atoms with Crippen molar-refractivity contribution in [1.29, 1.82) is 0 Å². The van der Waals surface area contributed by atoms with Gasteiger partial charge in [0.25, 0.3) is 5.91 Å². The quantitative estimate of drug-likeness (QED) is 0.900. The Morgan fingerprint density at radius 1 is 1.24 bits per heavy atom. The van der Waals surface area contributed by atoms with Crippen molar-refractivity contribution in [2.75, 3.05) is 19.7 Å². The SMILES string of the molecule is O=C(O)C1CCN(C(=O)c2ccccc2OCC2CC2)C1. The number of benzene rings is 1. The zero-order valence-electron chi connectivity index (χ0n) is 11.8. The maximum atomic E-state index is 12.5. The number of carbonyl (C=O) groups is 2. The minimum absolute atomic E-state index is 0.134. The Balaban J connectivity index is 1.70. The third-order valence-electron chi connectivity index (χ3n) is 4.11. The molecule has 0 radical (unpaired) electrons. The third-order valence-corrected chi connectivity index (χ3v) is 4.11. The smallest absolute Gasteiger partial charge is 0.308 e. The van der Waals surface area contributed by atoms with Gasteiger partial charge in [-0.05, 0) is 37.3 Å². The van der Waals surface area contributed by atoms with Crippen molar-refractivity contribution >= 4 is 11.9 Å². The molecule has 1 aliphatic heterocycles. The minimum atomic E-state index is -0.830. The van der Waals surface area contributed by atoms with Crippen LogP contribution in [0.15, 0.2) is 24.3 Å². The standard InChI is InChI=1S/C16H19NO4/c18-15(17-8-7-12(9-17)16(19)20)13-3-1-2-4-14(13)21-10-11-5-6-11/h1-4,11-12H,5-10H2,(H,19,20). The van der Waals surface area contributed by atoms with Crippen molar-refractivity contribution in [3.8, 4) is 5.75 Å². The lowest BCUT2D eigenvalue weighted by atomic mass is 10.1. The van der Waals surface area contributed by atoms with Crippen molar-refractivity contribution < 1.29 is 19.4 Å². The van der Waals surface area contributed by atoms with Crippen LogP contribution in [0.4, 0.5) is 0 Å². The number of carboxylic acid groups (broad SMARTS) is 1. The van der Waals surface area contributed by atoms with Gasteiger partial charge in [0, 0.05) is 13.1 Å². The summed E-state index contributed by atoms with van der Waals surface area (Å²) in [6, 6.07) is 7.21. The van der Waals surface area contributed by atoms with Crippen LogP contribution in [0.2, 0.25) is 0 Å². The zero-order chi connectivity index (χ0) is 14.8. The molecule has 21 heavy (non-hydrogen) atoms. The van der Waals surface area contributed by atoms with Crippen LogP contribution in [0.25, 0.3) is 0 Å². The summed E-state index contributed by atoms with van der Waals surface area (Å²) in [6.07, 6.45) is 2.91. The van der Waals surface area contributed by atoms with E-state index in [1.165, 1.54) is 12.8 Å². The van der Waals surface area contributed by atoms with Crippen LogP contribution in [-0.2, 0) is 4.79 Å². The molecule has 1 unspecified atom stereocenters. The fraction of sp³-hybridized carbons (Fsp3) is 0.500. The van der Waals surface area contributed by atoms with E-state index >= 15 is 0 Å². The number of likely N-dealkylation sites (tertiary alicyclic amines) is 1. The Morgan fingerprint density at radius 3 is 2.67 bits per heavy atom. The van der Waals surface area contributed by atoms with E-state index in [1.54, 1.807) is 17.0 Å². The summed E-state index contributed by atoms with van der Waals surface area (Å²) in [5, 5.41) is 9.03. The van der Waals surface area contributed by atoms with Gasteiger partial charge in [-0.3, -0.25) is 9.59 Å². The molecule has 0 aromatic heterocycles. The topological polar surface area (TPSA) is 66.8 Å². The van der Waals surface area contributed by atoms with Crippen LogP contribution in [0.3, 0.4) is 0 Å². The average molecular weight is 289 g/mol. The molecule has 1 aromatic carbocycles. The van der Waals surface area contributed by atoms with Gasteiger partial charge in [0.15, 0.2) is 0 Å². The van der Waals surface area contributed by atoms with E-state index in [2.05, 4.69) is 0 Å². The van der Waals surface area contributed by atoms with Crippen LogP contribution in [-0.4, -0.2) is 41.6 Å². The number of rotatable bonds is 5. The molecule has 1 amide bonds. The molecule has 112 valence electrons. The summed E-state index contributed by atoms with van der Waals surface area (Å²) in [6.45, 7) is 1.43. The number of amides is 1. The summed E-state index contributed by atoms with van der Waals surface area (Å²) in [5.41, 5.74) is 0.532. The van der Waals surface area contributed by atoms with Gasteiger partial charge in [-0.25, -0.2) is 0 Å². The van der Waals surface area contributed by atoms with E-state index in [0.717, 1.165) is 0 Å². The monoisotopic (exact) mass is 289 g/mol. The summed E-state index contributed by atoms with van der Waals surface area (Å²) >= 11 is 0. The number of hydrogen-bond acceptors (Lipinski definition) is 3. The Morgan fingerprint density at radius 2 is 2.00 bits per heavy atom. The predicted molar refractivity (Wildman–Crippen MR) is 76.3 cm³/mol. The molecule has 1 N–H and O–H groups in total. The molecule has 3 rings (SSSR count). The number of aliphatic carboxylic acids is 1. The molecule has 1 aliphatic carbocycles. The van der Waals surface area contributed by atoms with Crippen molar-refractivity contribution in [3.63, 3.8) is 0 Å². The number of carbonyl (C=O) groups excluding carboxylic acids is 1. The number of ether oxygens (including phenoxy) is 1. The molecule has 1 saturated carbocycles. The van der Waals surface area contributed by atoms with Gasteiger partial charge in [0.05, 0.1) is 18.1 Å². The van der Waals surface area contributed by atoms with Gasteiger partial charge in [0.2, 0.25) is 0 Å². The lowest BCUT2D eigenvalue weighted by molar-refractivity contribution is -0.141. The second-order valence-corrected chi connectivity index (χ2v) is 5.83. The molecular formula is C16H19NO4. The third kappa shape index (κ3) is 3.17. The summed E-state index contributed by atoms with van der Waals surface area (Å²) in [4.78, 5) is 25.2. The van der Waals surface area contributed by atoms with E-state index < -0.39 is 11.9 Å². The number of hydrogen-bond donors (Lipinski definition) is 1. The molecule has 1 atom stereocenters. The van der Waals surface area contributed by atoms with Gasteiger partial charge in [0.1, 0.15) is 5.75 Å². The second-order valence-electron chi connectivity index (χ2n) is 5.83. The fourth-order valence-corrected chi connectivity index (χ4v) is 2.58. The highest BCUT2D eigenvalue weighted by atomic mass is 16.5. The lowest BCUT2D eigenvalue weighted by Crippen LogP contribution is -2.30. The van der Waals surface area contributed by atoms with Gasteiger partial charge in [-0.15, -0.1) is 0 Å². The molecule has 1 saturated heterocycles. The highest BCUT2D eigenvalue weighted by Gasteiger charge is 2.32. The molecule has 0 spiro atoms. The lowest BCUT2D eigenvalue weighted by Gasteiger charge is -2.18. The van der Waals surface area contributed by atoms with Crippen LogP contribution >= 0.6 is 0 Å². The van der Waals surface area contributed by atoms with Gasteiger partial charge >= 0.3 is 5.97 Å². The van der Waals surface area contributed by atoms with Crippen LogP contribution in [0.5, 0.6) is 5.75 Å². The first-order chi connectivity index (χ1) is 10.1. The largest absolute Gasteiger partial charge is 0.492 e. The van der Waals surface area contributed by atoms with Crippen molar-refractivity contribution in [3.05, 3.63) is 29.8 Å². The first-order valence-corrected chi connectivity index (χ1v) is 7.39. The van der Waals surface area contributed by atoms with E-state index in [1.807, 2.05) is 12.1 Å². The van der Waals surface area contributed by atoms with E-state index in [4.69, 9.17) is 9.84 Å². The maximum Gasteiger partial charge on any atom is 0.308 e. The Kier molecular flexibility index (Phi) is 3.82. The molecular weight excluding hydrogens is 270 g/mol. The predicted octanol–water partition coefficient (Wildman–Crippen LogP) is 2.02. The molecule has 5 heteroatoms. The normalized spacial score (nSPS) is 21.3. The molecule has 2 aliphatic rings. The number of nitrogens with zero attached hydrogens (tertiary/aromatic N) is 1. The molecule has 2 fully saturated rings. The number of carboxylic acids is 1. The fourth-order valence-electron chi connectivity index (χ4n) is 2.58. The van der Waals surface area contributed by atoms with Crippen molar-refractivity contribution in [2.24, 2.45) is 11.8 Å². The maximum absolute atomic E-state index is 12.5. The van der Waals surface area contributed by atoms with Crippen LogP contribution < -0.4 is 4.74 Å². The summed E-state index contributed by atoms with van der Waals surface area (Å²) < 4.78 is 5.75. The van der Waals surface area contributed by atoms with E-state index in [-0.39, 0.29) is 12.5 Å². The van der Waals surface area contributed by atoms with E-state index in [0.29, 0.717) is 36.8 Å². The van der Waals surface area contributed by atoms with Crippen molar-refractivity contribution in [2.45, 2.75) is 19.3 Å². The van der Waals surface area contributed by atoms with Gasteiger partial charge in [-0.1, -0.05) is 12.1 Å². The molecule has 1 heterocycles. The average Bonchev–Trinajstić information content (AvgIpc) is 3.18. The summed E-state index contributed by atoms with van der Waals surface area (Å²) in [5.74, 6) is -0.188. The molecule has 1 aromatic rings. The Labute approximate surface area is 123 Å². The first kappa shape index (κ1) is 13.9. The second kappa shape index (κ2) is 5.76. The summed E-state index contributed by atoms with van der Waals surface area (Å²) in [7, 11) is 0. The van der Waals surface area contributed by atoms with Gasteiger partial charge < -0.3 is 14.7 Å². The van der Waals surface area contributed by atoms with Crippen LogP contribution in [0.1, 0.15) is 29.6 Å². The molecule has 0 bridgehead atoms. The van der Waals surface area contributed by atoms with Crippen molar-refractivity contribution in [1.82, 2.24) is 4.90 Å².